The van der Waals surface area contributed by atoms with E-state index in [0.717, 1.165) is 37.8 Å². The second-order valence-corrected chi connectivity index (χ2v) is 7.24. The van der Waals surface area contributed by atoms with Crippen LogP contribution in [0.2, 0.25) is 0 Å². The summed E-state index contributed by atoms with van der Waals surface area (Å²) >= 11 is 0. The van der Waals surface area contributed by atoms with Crippen molar-refractivity contribution in [2.45, 2.75) is 52.5 Å². The molecule has 3 rings (SSSR count). The Morgan fingerprint density at radius 3 is 2.62 bits per heavy atom. The van der Waals surface area contributed by atoms with Crippen molar-refractivity contribution >= 4 is 17.5 Å². The third-order valence-electron chi connectivity index (χ3n) is 5.09. The monoisotopic (exact) mass is 393 g/mol. The fourth-order valence-electron chi connectivity index (χ4n) is 3.76. The largest absolute Gasteiger partial charge is 0.337 e. The van der Waals surface area contributed by atoms with E-state index >= 15 is 0 Å². The summed E-state index contributed by atoms with van der Waals surface area (Å²) in [5, 5.41) is 12.1. The zero-order chi connectivity index (χ0) is 20.8. The third-order valence-corrected chi connectivity index (χ3v) is 5.09. The number of hydrogen-bond acceptors (Lipinski definition) is 4. The molecule has 7 nitrogen and oxygen atoms in total. The Bertz CT molecular complexity index is 935. The normalized spacial score (nSPS) is 12.7. The molecular weight excluding hydrogens is 366 g/mol. The number of carbonyl (C=O) groups excluding carboxylic acids is 2. The van der Waals surface area contributed by atoms with Crippen molar-refractivity contribution in [3.05, 3.63) is 47.0 Å². The zero-order valence-corrected chi connectivity index (χ0v) is 17.1. The Morgan fingerprint density at radius 1 is 1.21 bits per heavy atom. The van der Waals surface area contributed by atoms with Gasteiger partial charge in [0, 0.05) is 19.6 Å². The van der Waals surface area contributed by atoms with E-state index in [1.807, 2.05) is 23.3 Å². The first-order valence-corrected chi connectivity index (χ1v) is 10.3. The number of benzene rings is 1. The smallest absolute Gasteiger partial charge is 0.291 e. The standard InChI is InChI=1S/C22H27N5O2/c1-3-12-26(13-4-2)22(29)19-18-11-7-8-14-27(18)20(25-19)21(28)24-17-10-6-5-9-16(17)15-23/h5-6,9-10H,3-4,7-8,11-14H2,1-2H3,(H,24,28). The number of para-hydroxylation sites is 1. The number of hydrogen-bond donors (Lipinski definition) is 1. The number of rotatable bonds is 7. The predicted molar refractivity (Wildman–Crippen MR) is 111 cm³/mol. The lowest BCUT2D eigenvalue weighted by molar-refractivity contribution is 0.0748. The summed E-state index contributed by atoms with van der Waals surface area (Å²) in [6.07, 6.45) is 4.41. The van der Waals surface area contributed by atoms with E-state index < -0.39 is 5.91 Å². The number of imidazole rings is 1. The number of aromatic nitrogens is 2. The fraction of sp³-hybridized carbons (Fsp3) is 0.455. The van der Waals surface area contributed by atoms with Crippen molar-refractivity contribution in [3.63, 3.8) is 0 Å². The van der Waals surface area contributed by atoms with Gasteiger partial charge in [0.2, 0.25) is 0 Å². The molecular formula is C22H27N5O2. The van der Waals surface area contributed by atoms with Gasteiger partial charge in [-0.1, -0.05) is 26.0 Å². The number of fused-ring (bicyclic) bond motifs is 1. The van der Waals surface area contributed by atoms with Crippen LogP contribution in [0, 0.1) is 11.3 Å². The van der Waals surface area contributed by atoms with Crippen LogP contribution in [-0.4, -0.2) is 39.4 Å². The summed E-state index contributed by atoms with van der Waals surface area (Å²) in [5.41, 5.74) is 2.07. The molecule has 1 aromatic carbocycles. The Balaban J connectivity index is 1.95. The quantitative estimate of drug-likeness (QED) is 0.778. The van der Waals surface area contributed by atoms with Crippen LogP contribution in [0.4, 0.5) is 5.69 Å². The molecule has 0 spiro atoms. The van der Waals surface area contributed by atoms with E-state index in [4.69, 9.17) is 0 Å². The molecule has 152 valence electrons. The molecule has 2 aromatic rings. The maximum absolute atomic E-state index is 13.2. The minimum atomic E-state index is -0.396. The molecule has 2 heterocycles. The second-order valence-electron chi connectivity index (χ2n) is 7.24. The first-order valence-electron chi connectivity index (χ1n) is 10.3. The average molecular weight is 393 g/mol. The van der Waals surface area contributed by atoms with Crippen molar-refractivity contribution in [1.29, 1.82) is 5.26 Å². The van der Waals surface area contributed by atoms with E-state index in [1.165, 1.54) is 0 Å². The van der Waals surface area contributed by atoms with Gasteiger partial charge in [-0.3, -0.25) is 9.59 Å². The van der Waals surface area contributed by atoms with Gasteiger partial charge in [-0.25, -0.2) is 4.98 Å². The molecule has 1 aliphatic heterocycles. The van der Waals surface area contributed by atoms with Gasteiger partial charge < -0.3 is 14.8 Å². The summed E-state index contributed by atoms with van der Waals surface area (Å²) in [6, 6.07) is 8.93. The van der Waals surface area contributed by atoms with Crippen LogP contribution in [0.3, 0.4) is 0 Å². The van der Waals surface area contributed by atoms with Gasteiger partial charge in [-0.2, -0.15) is 5.26 Å². The molecule has 29 heavy (non-hydrogen) atoms. The number of carbonyl (C=O) groups is 2. The van der Waals surface area contributed by atoms with E-state index in [9.17, 15) is 14.9 Å². The van der Waals surface area contributed by atoms with E-state index in [0.29, 0.717) is 36.6 Å². The Kier molecular flexibility index (Phi) is 6.65. The highest BCUT2D eigenvalue weighted by molar-refractivity contribution is 6.04. The van der Waals surface area contributed by atoms with Crippen LogP contribution >= 0.6 is 0 Å². The van der Waals surface area contributed by atoms with Crippen LogP contribution in [-0.2, 0) is 13.0 Å². The van der Waals surface area contributed by atoms with Crippen molar-refractivity contribution < 1.29 is 9.59 Å². The maximum atomic E-state index is 13.2. The molecule has 0 saturated carbocycles. The number of nitrogens with zero attached hydrogens (tertiary/aromatic N) is 4. The van der Waals surface area contributed by atoms with Crippen molar-refractivity contribution in [2.75, 3.05) is 18.4 Å². The minimum Gasteiger partial charge on any atom is -0.337 e. The number of nitriles is 1. The summed E-state index contributed by atoms with van der Waals surface area (Å²) in [7, 11) is 0. The summed E-state index contributed by atoms with van der Waals surface area (Å²) in [6.45, 7) is 6.11. The van der Waals surface area contributed by atoms with Gasteiger partial charge in [0.25, 0.3) is 11.8 Å². The maximum Gasteiger partial charge on any atom is 0.291 e. The number of amides is 2. The molecule has 2 amide bonds. The summed E-state index contributed by atoms with van der Waals surface area (Å²) in [4.78, 5) is 32.5. The van der Waals surface area contributed by atoms with Gasteiger partial charge in [0.1, 0.15) is 11.8 Å². The van der Waals surface area contributed by atoms with Crippen molar-refractivity contribution in [3.8, 4) is 6.07 Å². The van der Waals surface area contributed by atoms with Crippen LogP contribution < -0.4 is 5.32 Å². The van der Waals surface area contributed by atoms with Gasteiger partial charge in [0.15, 0.2) is 5.82 Å². The SMILES string of the molecule is CCCN(CCC)C(=O)c1nc(C(=O)Nc2ccccc2C#N)n2c1CCCC2. The molecule has 0 fully saturated rings. The molecule has 0 aliphatic carbocycles. The lowest BCUT2D eigenvalue weighted by Crippen LogP contribution is -2.33. The first-order chi connectivity index (χ1) is 14.1. The van der Waals surface area contributed by atoms with Gasteiger partial charge in [-0.05, 0) is 44.2 Å². The van der Waals surface area contributed by atoms with Crippen LogP contribution in [0.5, 0.6) is 0 Å². The van der Waals surface area contributed by atoms with E-state index in [-0.39, 0.29) is 11.7 Å². The van der Waals surface area contributed by atoms with Gasteiger partial charge in [-0.15, -0.1) is 0 Å². The molecule has 0 unspecified atom stereocenters. The van der Waals surface area contributed by atoms with Gasteiger partial charge >= 0.3 is 0 Å². The summed E-state index contributed by atoms with van der Waals surface area (Å²) < 4.78 is 1.87. The highest BCUT2D eigenvalue weighted by Crippen LogP contribution is 2.24. The second kappa shape index (κ2) is 9.37. The minimum absolute atomic E-state index is 0.101. The van der Waals surface area contributed by atoms with Crippen LogP contribution in [0.15, 0.2) is 24.3 Å². The Hall–Kier alpha value is -3.14. The topological polar surface area (TPSA) is 91.0 Å². The predicted octanol–water partition coefficient (Wildman–Crippen LogP) is 3.61. The molecule has 0 saturated heterocycles. The fourth-order valence-corrected chi connectivity index (χ4v) is 3.76. The molecule has 1 N–H and O–H groups in total. The molecule has 7 heteroatoms. The highest BCUT2D eigenvalue weighted by Gasteiger charge is 2.29. The zero-order valence-electron chi connectivity index (χ0n) is 17.1. The molecule has 1 aliphatic rings. The highest BCUT2D eigenvalue weighted by atomic mass is 16.2. The van der Waals surface area contributed by atoms with Gasteiger partial charge in [0.05, 0.1) is 16.9 Å². The van der Waals surface area contributed by atoms with E-state index in [1.54, 1.807) is 24.3 Å². The Labute approximate surface area is 171 Å². The third kappa shape index (κ3) is 4.32. The van der Waals surface area contributed by atoms with Crippen molar-refractivity contribution in [1.82, 2.24) is 14.5 Å². The lowest BCUT2D eigenvalue weighted by atomic mass is 10.1. The van der Waals surface area contributed by atoms with Crippen LogP contribution in [0.25, 0.3) is 0 Å². The van der Waals surface area contributed by atoms with Crippen molar-refractivity contribution in [2.24, 2.45) is 0 Å². The molecule has 0 radical (unpaired) electrons. The average Bonchev–Trinajstić information content (AvgIpc) is 3.13. The molecule has 0 atom stereocenters. The first kappa shape index (κ1) is 20.6. The molecule has 1 aromatic heterocycles. The van der Waals surface area contributed by atoms with E-state index in [2.05, 4.69) is 16.4 Å². The number of nitrogens with one attached hydrogen (secondary N) is 1. The number of anilines is 1. The molecule has 0 bridgehead atoms. The Morgan fingerprint density at radius 2 is 1.93 bits per heavy atom. The lowest BCUT2D eigenvalue weighted by Gasteiger charge is -2.22. The van der Waals surface area contributed by atoms with Crippen LogP contribution in [0.1, 0.15) is 71.9 Å². The summed E-state index contributed by atoms with van der Waals surface area (Å²) in [5.74, 6) is -0.257.